The molecule has 160 valence electrons. The summed E-state index contributed by atoms with van der Waals surface area (Å²) in [4.78, 5) is 2.55. The van der Waals surface area contributed by atoms with E-state index >= 15 is 0 Å². The number of hydrogen-bond acceptors (Lipinski definition) is 3. The topological polar surface area (TPSA) is 27.3 Å². The molecule has 0 radical (unpaired) electrons. The molecule has 0 spiro atoms. The summed E-state index contributed by atoms with van der Waals surface area (Å²) < 4.78 is 0. The molecule has 1 unspecified atom stereocenters. The van der Waals surface area contributed by atoms with E-state index in [9.17, 15) is 0 Å². The van der Waals surface area contributed by atoms with Gasteiger partial charge >= 0.3 is 0 Å². The van der Waals surface area contributed by atoms with E-state index in [4.69, 9.17) is 6.42 Å². The molecule has 3 heteroatoms. The molecule has 0 bridgehead atoms. The Hall–Kier alpha value is -1.40. The molecule has 1 heterocycles. The predicted octanol–water partition coefficient (Wildman–Crippen LogP) is 5.46. The van der Waals surface area contributed by atoms with Crippen LogP contribution in [0.15, 0.2) is 23.5 Å². The Morgan fingerprint density at radius 2 is 1.89 bits per heavy atom. The summed E-state index contributed by atoms with van der Waals surface area (Å²) in [6.45, 7) is 17.7. The molecule has 1 rings (SSSR count). The second kappa shape index (κ2) is 14.6. The number of nitrogens with zero attached hydrogens (tertiary/aromatic N) is 1. The number of hydrogen-bond donors (Lipinski definition) is 2. The van der Waals surface area contributed by atoms with E-state index in [1.807, 2.05) is 0 Å². The number of terminal acetylenes is 1. The van der Waals surface area contributed by atoms with Gasteiger partial charge in [0.1, 0.15) is 0 Å². The first kappa shape index (κ1) is 24.6. The Morgan fingerprint density at radius 3 is 2.46 bits per heavy atom. The molecule has 0 aromatic heterocycles. The van der Waals surface area contributed by atoms with Crippen molar-refractivity contribution in [2.24, 2.45) is 5.92 Å². The lowest BCUT2D eigenvalue weighted by molar-refractivity contribution is 0.204. The summed E-state index contributed by atoms with van der Waals surface area (Å²) in [6.07, 6.45) is 16.1. The second-order valence-corrected chi connectivity index (χ2v) is 8.54. The summed E-state index contributed by atoms with van der Waals surface area (Å²) in [5, 5.41) is 7.35. The summed E-state index contributed by atoms with van der Waals surface area (Å²) in [5.74, 6) is 3.41. The molecule has 3 nitrogen and oxygen atoms in total. The van der Waals surface area contributed by atoms with Crippen LogP contribution in [0.3, 0.4) is 0 Å². The maximum absolute atomic E-state index is 5.53. The van der Waals surface area contributed by atoms with Crippen molar-refractivity contribution in [2.75, 3.05) is 26.2 Å². The molecule has 0 amide bonds. The fourth-order valence-electron chi connectivity index (χ4n) is 3.80. The molecule has 0 saturated carbocycles. The first-order valence-electron chi connectivity index (χ1n) is 11.5. The van der Waals surface area contributed by atoms with Crippen LogP contribution in [0.25, 0.3) is 0 Å². The molecule has 0 aliphatic carbocycles. The summed E-state index contributed by atoms with van der Waals surface area (Å²) in [6, 6.07) is 0.541. The fraction of sp³-hybridized carbons (Fsp3) is 0.760. The number of nitrogens with one attached hydrogen (secondary N) is 2. The zero-order chi connectivity index (χ0) is 20.8. The summed E-state index contributed by atoms with van der Waals surface area (Å²) >= 11 is 0. The molecule has 0 aromatic rings. The van der Waals surface area contributed by atoms with Gasteiger partial charge in [-0.05, 0) is 84.8 Å². The Bertz CT molecular complexity index is 502. The van der Waals surface area contributed by atoms with Gasteiger partial charge in [0.25, 0.3) is 0 Å². The van der Waals surface area contributed by atoms with Crippen molar-refractivity contribution in [3.05, 3.63) is 23.5 Å². The molecule has 1 saturated heterocycles. The van der Waals surface area contributed by atoms with Gasteiger partial charge in [-0.1, -0.05) is 32.4 Å². The van der Waals surface area contributed by atoms with E-state index in [0.717, 1.165) is 51.7 Å². The quantitative estimate of drug-likeness (QED) is 0.388. The molecule has 28 heavy (non-hydrogen) atoms. The lowest BCUT2D eigenvalue weighted by Gasteiger charge is -2.29. The average molecular weight is 388 g/mol. The average Bonchev–Trinajstić information content (AvgIpc) is 2.70. The van der Waals surface area contributed by atoms with Gasteiger partial charge in [0.2, 0.25) is 0 Å². The molecule has 1 atom stereocenters. The Kier molecular flexibility index (Phi) is 12.8. The molecular formula is C25H45N3. The SMILES string of the molecule is C#CC1CCN(CCCC(=C)NCCC(CC)NC(CCCC)=C(C)C)CC1. The minimum atomic E-state index is 0.502. The molecule has 2 N–H and O–H groups in total. The molecule has 0 aromatic carbocycles. The summed E-state index contributed by atoms with van der Waals surface area (Å²) in [7, 11) is 0. The monoisotopic (exact) mass is 387 g/mol. The van der Waals surface area contributed by atoms with Crippen molar-refractivity contribution in [2.45, 2.75) is 91.5 Å². The highest BCUT2D eigenvalue weighted by molar-refractivity contribution is 5.09. The van der Waals surface area contributed by atoms with E-state index in [1.54, 1.807) is 0 Å². The van der Waals surface area contributed by atoms with Crippen LogP contribution in [0, 0.1) is 18.3 Å². The third-order valence-corrected chi connectivity index (χ3v) is 5.90. The van der Waals surface area contributed by atoms with Crippen LogP contribution >= 0.6 is 0 Å². The van der Waals surface area contributed by atoms with Crippen LogP contribution in [0.4, 0.5) is 0 Å². The lowest BCUT2D eigenvalue weighted by Crippen LogP contribution is -2.34. The van der Waals surface area contributed by atoms with Crippen molar-refractivity contribution in [1.82, 2.24) is 15.5 Å². The second-order valence-electron chi connectivity index (χ2n) is 8.54. The maximum Gasteiger partial charge on any atom is 0.0272 e. The van der Waals surface area contributed by atoms with Gasteiger partial charge in [-0.2, -0.15) is 0 Å². The van der Waals surface area contributed by atoms with Crippen molar-refractivity contribution < 1.29 is 0 Å². The standard InChI is InChI=1S/C25H45N3/c1-7-10-13-25(21(4)5)27-24(9-3)14-17-26-22(6)12-11-18-28-19-15-23(8-2)16-20-28/h2,23-24,26-27H,6-7,9-20H2,1,3-5H3. The van der Waals surface area contributed by atoms with E-state index < -0.39 is 0 Å². The Morgan fingerprint density at radius 1 is 1.18 bits per heavy atom. The first-order chi connectivity index (χ1) is 13.5. The number of unbranched alkanes of at least 4 members (excludes halogenated alkanes) is 1. The normalized spacial score (nSPS) is 16.2. The van der Waals surface area contributed by atoms with Crippen molar-refractivity contribution in [3.63, 3.8) is 0 Å². The van der Waals surface area contributed by atoms with Crippen LogP contribution in [0.2, 0.25) is 0 Å². The largest absolute Gasteiger partial charge is 0.389 e. The highest BCUT2D eigenvalue weighted by Crippen LogP contribution is 2.17. The smallest absolute Gasteiger partial charge is 0.0272 e. The molecular weight excluding hydrogens is 342 g/mol. The van der Waals surface area contributed by atoms with Gasteiger partial charge in [-0.15, -0.1) is 12.3 Å². The van der Waals surface area contributed by atoms with Crippen molar-refractivity contribution in [1.29, 1.82) is 0 Å². The van der Waals surface area contributed by atoms with Gasteiger partial charge in [-0.3, -0.25) is 0 Å². The molecule has 1 fully saturated rings. The van der Waals surface area contributed by atoms with Crippen LogP contribution < -0.4 is 10.6 Å². The zero-order valence-corrected chi connectivity index (χ0v) is 19.1. The third-order valence-electron chi connectivity index (χ3n) is 5.90. The van der Waals surface area contributed by atoms with Gasteiger partial charge in [0, 0.05) is 29.9 Å². The molecule has 1 aliphatic rings. The number of piperidine rings is 1. The van der Waals surface area contributed by atoms with E-state index in [-0.39, 0.29) is 0 Å². The number of allylic oxidation sites excluding steroid dienone is 3. The number of rotatable bonds is 14. The van der Waals surface area contributed by atoms with Gasteiger partial charge in [-0.25, -0.2) is 0 Å². The van der Waals surface area contributed by atoms with Crippen LogP contribution in [-0.4, -0.2) is 37.1 Å². The maximum atomic E-state index is 5.53. The van der Waals surface area contributed by atoms with Gasteiger partial charge in [0.05, 0.1) is 0 Å². The van der Waals surface area contributed by atoms with Crippen LogP contribution in [-0.2, 0) is 0 Å². The predicted molar refractivity (Wildman–Crippen MR) is 124 cm³/mol. The highest BCUT2D eigenvalue weighted by atomic mass is 15.1. The Balaban J connectivity index is 2.19. The van der Waals surface area contributed by atoms with E-state index in [2.05, 4.69) is 55.7 Å². The Labute approximate surface area is 175 Å². The first-order valence-corrected chi connectivity index (χ1v) is 11.5. The lowest BCUT2D eigenvalue weighted by atomic mass is 9.98. The van der Waals surface area contributed by atoms with Crippen LogP contribution in [0.1, 0.15) is 85.5 Å². The third kappa shape index (κ3) is 10.2. The van der Waals surface area contributed by atoms with Crippen LogP contribution in [0.5, 0.6) is 0 Å². The zero-order valence-electron chi connectivity index (χ0n) is 19.1. The van der Waals surface area contributed by atoms with E-state index in [0.29, 0.717) is 12.0 Å². The highest BCUT2D eigenvalue weighted by Gasteiger charge is 2.16. The minimum absolute atomic E-state index is 0.502. The van der Waals surface area contributed by atoms with E-state index in [1.165, 1.54) is 49.2 Å². The van der Waals surface area contributed by atoms with Gasteiger partial charge in [0.15, 0.2) is 0 Å². The summed E-state index contributed by atoms with van der Waals surface area (Å²) in [5.41, 5.74) is 4.05. The minimum Gasteiger partial charge on any atom is -0.389 e. The van der Waals surface area contributed by atoms with Crippen molar-refractivity contribution >= 4 is 0 Å². The van der Waals surface area contributed by atoms with Crippen molar-refractivity contribution in [3.8, 4) is 12.3 Å². The van der Waals surface area contributed by atoms with Gasteiger partial charge < -0.3 is 15.5 Å². The number of likely N-dealkylation sites (tertiary alicyclic amines) is 1. The fourth-order valence-corrected chi connectivity index (χ4v) is 3.80. The molecule has 1 aliphatic heterocycles.